The van der Waals surface area contributed by atoms with Crippen LogP contribution in [0.15, 0.2) is 18.3 Å². The van der Waals surface area contributed by atoms with E-state index in [2.05, 4.69) is 10.4 Å². The zero-order valence-electron chi connectivity index (χ0n) is 10.4. The van der Waals surface area contributed by atoms with E-state index in [0.29, 0.717) is 0 Å². The number of rotatable bonds is 2. The highest BCUT2D eigenvalue weighted by molar-refractivity contribution is 6.05. The topological polar surface area (TPSA) is 72.9 Å². The smallest absolute Gasteiger partial charge is 0.262 e. The number of hydrogen-bond donors (Lipinski definition) is 2. The highest BCUT2D eigenvalue weighted by Crippen LogP contribution is 2.20. The fourth-order valence-corrected chi connectivity index (χ4v) is 1.64. The first kappa shape index (κ1) is 13.0. The third-order valence-corrected chi connectivity index (χ3v) is 2.71. The number of aryl methyl sites for hydroxylation is 2. The molecule has 1 aromatic carbocycles. The van der Waals surface area contributed by atoms with Gasteiger partial charge in [-0.15, -0.1) is 0 Å². The van der Waals surface area contributed by atoms with Gasteiger partial charge in [0.1, 0.15) is 17.2 Å². The minimum absolute atomic E-state index is 0.185. The van der Waals surface area contributed by atoms with Crippen molar-refractivity contribution in [3.63, 3.8) is 0 Å². The second-order valence-corrected chi connectivity index (χ2v) is 4.08. The highest BCUT2D eigenvalue weighted by Gasteiger charge is 2.20. The van der Waals surface area contributed by atoms with E-state index in [-0.39, 0.29) is 17.1 Å². The van der Waals surface area contributed by atoms with Gasteiger partial charge in [0.05, 0.1) is 11.9 Å². The van der Waals surface area contributed by atoms with Crippen LogP contribution in [0.3, 0.4) is 0 Å². The summed E-state index contributed by atoms with van der Waals surface area (Å²) in [7, 11) is 1.55. The number of nitrogens with zero attached hydrogens (tertiary/aromatic N) is 2. The number of nitrogens with one attached hydrogen (secondary N) is 1. The molecule has 0 radical (unpaired) electrons. The largest absolute Gasteiger partial charge is 0.394 e. The molecule has 0 fully saturated rings. The van der Waals surface area contributed by atoms with Gasteiger partial charge >= 0.3 is 0 Å². The van der Waals surface area contributed by atoms with Crippen molar-refractivity contribution in [2.45, 2.75) is 6.92 Å². The molecule has 3 N–H and O–H groups in total. The van der Waals surface area contributed by atoms with Crippen LogP contribution < -0.4 is 11.1 Å². The summed E-state index contributed by atoms with van der Waals surface area (Å²) in [5.41, 5.74) is 5.35. The summed E-state index contributed by atoms with van der Waals surface area (Å²) in [5.74, 6) is -2.54. The Morgan fingerprint density at radius 3 is 2.68 bits per heavy atom. The van der Waals surface area contributed by atoms with Crippen LogP contribution in [-0.2, 0) is 7.05 Å². The van der Waals surface area contributed by atoms with E-state index < -0.39 is 23.1 Å². The predicted molar refractivity (Wildman–Crippen MR) is 66.7 cm³/mol. The molecule has 7 heteroatoms. The van der Waals surface area contributed by atoms with Crippen molar-refractivity contribution in [1.29, 1.82) is 0 Å². The molecule has 0 spiro atoms. The Morgan fingerprint density at radius 2 is 2.11 bits per heavy atom. The molecule has 2 aromatic rings. The van der Waals surface area contributed by atoms with Gasteiger partial charge in [-0.05, 0) is 18.6 Å². The molecule has 19 heavy (non-hydrogen) atoms. The van der Waals surface area contributed by atoms with E-state index in [1.54, 1.807) is 7.05 Å². The fraction of sp³-hybridized carbons (Fsp3) is 0.167. The lowest BCUT2D eigenvalue weighted by Crippen LogP contribution is -2.19. The molecule has 100 valence electrons. The highest BCUT2D eigenvalue weighted by atomic mass is 19.1. The second kappa shape index (κ2) is 4.68. The number of carbonyl (C=O) groups is 1. The average molecular weight is 266 g/mol. The molecule has 2 rings (SSSR count). The van der Waals surface area contributed by atoms with Gasteiger partial charge in [0.2, 0.25) is 0 Å². The van der Waals surface area contributed by atoms with Crippen molar-refractivity contribution in [3.8, 4) is 0 Å². The minimum atomic E-state index is -0.929. The average Bonchev–Trinajstić information content (AvgIpc) is 2.66. The SMILES string of the molecule is Cc1ccc(F)c(C(=O)Nc2c(N)cnn2C)c1F. The zero-order chi connectivity index (χ0) is 14.2. The Bertz CT molecular complexity index is 632. The molecule has 0 aliphatic rings. The third-order valence-electron chi connectivity index (χ3n) is 2.71. The number of nitrogen functional groups attached to an aromatic ring is 1. The Kier molecular flexibility index (Phi) is 3.20. The molecule has 1 aromatic heterocycles. The Morgan fingerprint density at radius 1 is 1.42 bits per heavy atom. The van der Waals surface area contributed by atoms with Crippen LogP contribution in [0, 0.1) is 18.6 Å². The van der Waals surface area contributed by atoms with E-state index in [0.717, 1.165) is 6.07 Å². The van der Waals surface area contributed by atoms with Gasteiger partial charge in [-0.25, -0.2) is 8.78 Å². The van der Waals surface area contributed by atoms with Crippen LogP contribution in [0.2, 0.25) is 0 Å². The molecule has 0 saturated heterocycles. The van der Waals surface area contributed by atoms with Gasteiger partial charge < -0.3 is 11.1 Å². The molecule has 0 aliphatic heterocycles. The Hall–Kier alpha value is -2.44. The lowest BCUT2D eigenvalue weighted by molar-refractivity contribution is 0.101. The zero-order valence-corrected chi connectivity index (χ0v) is 10.4. The van der Waals surface area contributed by atoms with Crippen LogP contribution in [0.4, 0.5) is 20.3 Å². The van der Waals surface area contributed by atoms with Crippen LogP contribution in [0.5, 0.6) is 0 Å². The maximum atomic E-state index is 13.8. The van der Waals surface area contributed by atoms with Gasteiger partial charge in [0, 0.05) is 7.05 Å². The van der Waals surface area contributed by atoms with Crippen molar-refractivity contribution in [1.82, 2.24) is 9.78 Å². The summed E-state index contributed by atoms with van der Waals surface area (Å²) in [5, 5.41) is 6.15. The first-order valence-corrected chi connectivity index (χ1v) is 5.45. The summed E-state index contributed by atoms with van der Waals surface area (Å²) in [6, 6.07) is 2.31. The third kappa shape index (κ3) is 2.26. The normalized spacial score (nSPS) is 10.5. The number of hydrogen-bond acceptors (Lipinski definition) is 3. The second-order valence-electron chi connectivity index (χ2n) is 4.08. The van der Waals surface area contributed by atoms with E-state index in [1.165, 1.54) is 23.9 Å². The quantitative estimate of drug-likeness (QED) is 0.871. The summed E-state index contributed by atoms with van der Waals surface area (Å²) in [6.07, 6.45) is 1.33. The molecular weight excluding hydrogens is 254 g/mol. The van der Waals surface area contributed by atoms with Crippen LogP contribution in [0.25, 0.3) is 0 Å². The maximum Gasteiger partial charge on any atom is 0.262 e. The number of nitrogens with two attached hydrogens (primary N) is 1. The molecule has 0 atom stereocenters. The van der Waals surface area contributed by atoms with E-state index >= 15 is 0 Å². The van der Waals surface area contributed by atoms with E-state index in [4.69, 9.17) is 5.73 Å². The summed E-state index contributed by atoms with van der Waals surface area (Å²) in [4.78, 5) is 11.9. The van der Waals surface area contributed by atoms with Gasteiger partial charge in [-0.3, -0.25) is 9.48 Å². The van der Waals surface area contributed by atoms with Crippen molar-refractivity contribution in [2.75, 3.05) is 11.1 Å². The molecule has 1 amide bonds. The predicted octanol–water partition coefficient (Wildman–Crippen LogP) is 1.84. The van der Waals surface area contributed by atoms with E-state index in [1.807, 2.05) is 0 Å². The Balaban J connectivity index is 2.39. The maximum absolute atomic E-state index is 13.8. The van der Waals surface area contributed by atoms with Crippen LogP contribution >= 0.6 is 0 Å². The summed E-state index contributed by atoms with van der Waals surface area (Å²) >= 11 is 0. The van der Waals surface area contributed by atoms with Crippen LogP contribution in [-0.4, -0.2) is 15.7 Å². The standard InChI is InChI=1S/C12H12F2N4O/c1-6-3-4-7(13)9(10(6)14)12(19)17-11-8(15)5-16-18(11)2/h3-5H,15H2,1-2H3,(H,17,19). The molecule has 5 nitrogen and oxygen atoms in total. The fourth-order valence-electron chi connectivity index (χ4n) is 1.64. The van der Waals surface area contributed by atoms with Crippen molar-refractivity contribution >= 4 is 17.4 Å². The van der Waals surface area contributed by atoms with Crippen LogP contribution in [0.1, 0.15) is 15.9 Å². The number of amides is 1. The number of aromatic nitrogens is 2. The molecule has 0 saturated carbocycles. The monoisotopic (exact) mass is 266 g/mol. The summed E-state index contributed by atoms with van der Waals surface area (Å²) in [6.45, 7) is 1.45. The molecule has 0 aliphatic carbocycles. The van der Waals surface area contributed by atoms with Crippen molar-refractivity contribution in [2.24, 2.45) is 7.05 Å². The Labute approximate surface area is 108 Å². The minimum Gasteiger partial charge on any atom is -0.394 e. The number of halogens is 2. The molecule has 0 unspecified atom stereocenters. The number of anilines is 2. The van der Waals surface area contributed by atoms with Gasteiger partial charge in [-0.2, -0.15) is 5.10 Å². The lowest BCUT2D eigenvalue weighted by atomic mass is 10.1. The number of benzene rings is 1. The van der Waals surface area contributed by atoms with Crippen molar-refractivity contribution < 1.29 is 13.6 Å². The van der Waals surface area contributed by atoms with Gasteiger partial charge in [0.15, 0.2) is 5.82 Å². The lowest BCUT2D eigenvalue weighted by Gasteiger charge is -2.09. The molecular formula is C12H12F2N4O. The van der Waals surface area contributed by atoms with Crippen molar-refractivity contribution in [3.05, 3.63) is 41.1 Å². The van der Waals surface area contributed by atoms with E-state index in [9.17, 15) is 13.6 Å². The molecule has 1 heterocycles. The number of carbonyl (C=O) groups excluding carboxylic acids is 1. The first-order chi connectivity index (χ1) is 8.91. The first-order valence-electron chi connectivity index (χ1n) is 5.45. The van der Waals surface area contributed by atoms with Gasteiger partial charge in [0.25, 0.3) is 5.91 Å². The summed E-state index contributed by atoms with van der Waals surface area (Å²) < 4.78 is 28.6. The van der Waals surface area contributed by atoms with Gasteiger partial charge in [-0.1, -0.05) is 6.07 Å². The molecule has 0 bridgehead atoms.